The van der Waals surface area contributed by atoms with Gasteiger partial charge in [-0.05, 0) is 31.1 Å². The largest absolute Gasteiger partial charge is 0.415 e. The number of carbonyl (C=O) groups is 1. The second-order valence-corrected chi connectivity index (χ2v) is 11.1. The maximum atomic E-state index is 11.4. The normalized spacial score (nSPS) is 14.6. The lowest BCUT2D eigenvalue weighted by atomic mass is 10.2. The highest BCUT2D eigenvalue weighted by molar-refractivity contribution is 6.74. The van der Waals surface area contributed by atoms with E-state index < -0.39 is 8.32 Å². The first-order valence-corrected chi connectivity index (χ1v) is 9.70. The van der Waals surface area contributed by atoms with Crippen LogP contribution in [0.2, 0.25) is 18.1 Å². The number of carbonyl (C=O) groups excluding carboxylic acids is 1. The van der Waals surface area contributed by atoms with Crippen molar-refractivity contribution in [3.05, 3.63) is 24.8 Å². The number of rotatable bonds is 8. The van der Waals surface area contributed by atoms with E-state index >= 15 is 0 Å². The first-order chi connectivity index (χ1) is 8.64. The number of allylic oxidation sites excluding steroid dienone is 1. The van der Waals surface area contributed by atoms with Crippen LogP contribution >= 0.6 is 0 Å². The topological polar surface area (TPSA) is 38.3 Å². The summed E-state index contributed by atoms with van der Waals surface area (Å²) in [6, 6.07) is 0.0170. The Morgan fingerprint density at radius 1 is 1.42 bits per heavy atom. The highest BCUT2D eigenvalue weighted by atomic mass is 28.4. The predicted octanol–water partition coefficient (Wildman–Crippen LogP) is 3.30. The summed E-state index contributed by atoms with van der Waals surface area (Å²) in [5.74, 6) is 0.0710. The Morgan fingerprint density at radius 2 is 2.00 bits per heavy atom. The van der Waals surface area contributed by atoms with Crippen LogP contribution in [0.15, 0.2) is 24.8 Å². The highest BCUT2D eigenvalue weighted by Gasteiger charge is 2.37. The van der Waals surface area contributed by atoms with Crippen molar-refractivity contribution in [2.75, 3.05) is 13.2 Å². The molecule has 110 valence electrons. The Labute approximate surface area is 119 Å². The zero-order valence-corrected chi connectivity index (χ0v) is 14.2. The smallest absolute Gasteiger partial charge is 0.192 e. The molecular weight excluding hydrogens is 254 g/mol. The van der Waals surface area contributed by atoms with Gasteiger partial charge in [0.2, 0.25) is 0 Å². The lowest BCUT2D eigenvalue weighted by Crippen LogP contribution is -2.45. The molecule has 4 heteroatoms. The van der Waals surface area contributed by atoms with E-state index in [0.29, 0.717) is 13.2 Å². The molecule has 0 aromatic heterocycles. The molecular formula is C15H29NO2Si. The molecule has 0 aliphatic heterocycles. The molecule has 0 aliphatic carbocycles. The quantitative estimate of drug-likeness (QED) is 0.422. The molecule has 19 heavy (non-hydrogen) atoms. The van der Waals surface area contributed by atoms with Crippen molar-refractivity contribution < 1.29 is 9.22 Å². The fourth-order valence-electron chi connectivity index (χ4n) is 1.20. The summed E-state index contributed by atoms with van der Waals surface area (Å²) in [5.41, 5.74) is 0. The zero-order valence-electron chi connectivity index (χ0n) is 13.2. The molecule has 3 nitrogen and oxygen atoms in total. The van der Waals surface area contributed by atoms with Crippen molar-refractivity contribution in [1.29, 1.82) is 0 Å². The monoisotopic (exact) mass is 283 g/mol. The molecule has 0 unspecified atom stereocenters. The fourth-order valence-corrected chi connectivity index (χ4v) is 2.23. The van der Waals surface area contributed by atoms with Crippen molar-refractivity contribution in [2.24, 2.45) is 0 Å². The Hall–Kier alpha value is -0.713. The lowest BCUT2D eigenvalue weighted by molar-refractivity contribution is -0.113. The first kappa shape index (κ1) is 18.3. The predicted molar refractivity (Wildman–Crippen MR) is 85.0 cm³/mol. The summed E-state index contributed by atoms with van der Waals surface area (Å²) in [5, 5.41) is 3.35. The average Bonchev–Trinajstić information content (AvgIpc) is 2.28. The molecule has 0 fully saturated rings. The van der Waals surface area contributed by atoms with Gasteiger partial charge in [-0.2, -0.15) is 0 Å². The van der Waals surface area contributed by atoms with Gasteiger partial charge in [0.05, 0.1) is 13.2 Å². The Bertz CT molecular complexity index is 330. The van der Waals surface area contributed by atoms with Crippen molar-refractivity contribution >= 4 is 14.1 Å². The summed E-state index contributed by atoms with van der Waals surface area (Å²) in [4.78, 5) is 11.4. The molecule has 0 rings (SSSR count). The number of hydrogen-bond acceptors (Lipinski definition) is 3. The summed E-state index contributed by atoms with van der Waals surface area (Å²) in [7, 11) is -1.74. The van der Waals surface area contributed by atoms with E-state index in [0.717, 1.165) is 0 Å². The molecule has 0 aliphatic rings. The second kappa shape index (κ2) is 7.77. The van der Waals surface area contributed by atoms with Crippen LogP contribution in [0.3, 0.4) is 0 Å². The summed E-state index contributed by atoms with van der Waals surface area (Å²) in [6.07, 6.45) is 5.12. The van der Waals surface area contributed by atoms with E-state index in [9.17, 15) is 4.79 Å². The highest BCUT2D eigenvalue weighted by Crippen LogP contribution is 2.36. The maximum absolute atomic E-state index is 11.4. The van der Waals surface area contributed by atoms with Gasteiger partial charge in [-0.1, -0.05) is 32.9 Å². The Balaban J connectivity index is 4.29. The van der Waals surface area contributed by atoms with Gasteiger partial charge < -0.3 is 9.74 Å². The second-order valence-electron chi connectivity index (χ2n) is 6.26. The number of hydrogen-bond donors (Lipinski definition) is 1. The van der Waals surface area contributed by atoms with E-state index in [-0.39, 0.29) is 16.9 Å². The molecule has 0 heterocycles. The number of nitrogens with one attached hydrogen (secondary N) is 1. The van der Waals surface area contributed by atoms with Gasteiger partial charge in [-0.25, -0.2) is 0 Å². The van der Waals surface area contributed by atoms with Gasteiger partial charge in [0.25, 0.3) is 0 Å². The van der Waals surface area contributed by atoms with E-state index in [1.54, 1.807) is 18.2 Å². The molecule has 0 aromatic carbocycles. The van der Waals surface area contributed by atoms with Crippen molar-refractivity contribution in [3.8, 4) is 0 Å². The third-order valence-electron chi connectivity index (χ3n) is 3.61. The van der Waals surface area contributed by atoms with E-state index in [1.165, 1.54) is 0 Å². The molecule has 0 spiro atoms. The molecule has 1 atom stereocenters. The summed E-state index contributed by atoms with van der Waals surface area (Å²) in [6.45, 7) is 17.6. The maximum Gasteiger partial charge on any atom is 0.192 e. The van der Waals surface area contributed by atoms with Gasteiger partial charge in [0, 0.05) is 6.04 Å². The third-order valence-corrected chi connectivity index (χ3v) is 8.11. The Morgan fingerprint density at radius 3 is 2.42 bits per heavy atom. The number of ketones is 1. The fraction of sp³-hybridized carbons (Fsp3) is 0.667. The Kier molecular flexibility index (Phi) is 7.48. The van der Waals surface area contributed by atoms with Gasteiger partial charge in [-0.15, -0.1) is 6.58 Å². The van der Waals surface area contributed by atoms with Crippen LogP contribution < -0.4 is 5.32 Å². The van der Waals surface area contributed by atoms with Gasteiger partial charge in [-0.3, -0.25) is 4.79 Å². The van der Waals surface area contributed by atoms with E-state index in [4.69, 9.17) is 4.43 Å². The third kappa shape index (κ3) is 6.85. The zero-order chi connectivity index (χ0) is 15.1. The van der Waals surface area contributed by atoms with Crippen LogP contribution in [0, 0.1) is 0 Å². The molecule has 0 saturated carbocycles. The van der Waals surface area contributed by atoms with Crippen LogP contribution in [-0.4, -0.2) is 33.3 Å². The minimum atomic E-state index is -1.74. The van der Waals surface area contributed by atoms with E-state index in [1.807, 2.05) is 6.92 Å². The first-order valence-electron chi connectivity index (χ1n) is 6.79. The van der Waals surface area contributed by atoms with Crippen molar-refractivity contribution in [1.82, 2.24) is 5.32 Å². The standard InChI is InChI=1S/C15H29NO2Si/c1-8-10-14(17)11-16-13(9-2)12-18-19(6,7)15(3,4)5/h8-10,13,16H,2,11-12H2,1,3-7H3/t13-/m0/s1. The average molecular weight is 283 g/mol. The van der Waals surface area contributed by atoms with Crippen LogP contribution in [0.1, 0.15) is 27.7 Å². The SMILES string of the molecule is C=C[C@@H](CO[Si](C)(C)C(C)(C)C)NCC(=O)C=CC. The molecule has 1 N–H and O–H groups in total. The molecule has 0 saturated heterocycles. The van der Waals surface area contributed by atoms with Gasteiger partial charge >= 0.3 is 0 Å². The van der Waals surface area contributed by atoms with Crippen LogP contribution in [0.5, 0.6) is 0 Å². The van der Waals surface area contributed by atoms with Crippen LogP contribution in [-0.2, 0) is 9.22 Å². The van der Waals surface area contributed by atoms with E-state index in [2.05, 4.69) is 45.8 Å². The molecule has 0 aromatic rings. The minimum absolute atomic E-state index is 0.0170. The summed E-state index contributed by atoms with van der Waals surface area (Å²) >= 11 is 0. The van der Waals surface area contributed by atoms with Crippen molar-refractivity contribution in [2.45, 2.75) is 51.9 Å². The molecule has 0 bridgehead atoms. The molecule has 0 radical (unpaired) electrons. The molecule has 0 amide bonds. The lowest BCUT2D eigenvalue weighted by Gasteiger charge is -2.37. The minimum Gasteiger partial charge on any atom is -0.415 e. The van der Waals surface area contributed by atoms with Gasteiger partial charge in [0.15, 0.2) is 14.1 Å². The summed E-state index contributed by atoms with van der Waals surface area (Å²) < 4.78 is 6.12. The van der Waals surface area contributed by atoms with Gasteiger partial charge in [0.1, 0.15) is 0 Å². The van der Waals surface area contributed by atoms with Crippen LogP contribution in [0.4, 0.5) is 0 Å². The van der Waals surface area contributed by atoms with Crippen molar-refractivity contribution in [3.63, 3.8) is 0 Å². The van der Waals surface area contributed by atoms with Crippen LogP contribution in [0.25, 0.3) is 0 Å².